The lowest BCUT2D eigenvalue weighted by Gasteiger charge is -2.40. The Bertz CT molecular complexity index is 1300. The number of nitrogens with one attached hydrogen (secondary N) is 1. The summed E-state index contributed by atoms with van der Waals surface area (Å²) in [5.74, 6) is -0.708. The van der Waals surface area contributed by atoms with Crippen LogP contribution in [0.2, 0.25) is 0 Å². The summed E-state index contributed by atoms with van der Waals surface area (Å²) in [5, 5.41) is 76.2. The summed E-state index contributed by atoms with van der Waals surface area (Å²) in [6.45, 7) is 3.46. The van der Waals surface area contributed by atoms with Crippen molar-refractivity contribution in [1.29, 1.82) is 0 Å². The lowest BCUT2D eigenvalue weighted by atomic mass is 9.98. The first-order valence-corrected chi connectivity index (χ1v) is 31.4. The minimum Gasteiger partial charge on any atom is -0.394 e. The Morgan fingerprint density at radius 2 is 0.811 bits per heavy atom. The van der Waals surface area contributed by atoms with E-state index in [-0.39, 0.29) is 12.8 Å². The van der Waals surface area contributed by atoms with Gasteiger partial charge in [-0.3, -0.25) is 4.79 Å². The first-order chi connectivity index (χ1) is 36.2. The summed E-state index contributed by atoms with van der Waals surface area (Å²) in [4.78, 5) is 13.2. The maximum Gasteiger partial charge on any atom is 0.249 e. The highest BCUT2D eigenvalue weighted by Crippen LogP contribution is 2.23. The average Bonchev–Trinajstić information content (AvgIpc) is 3.40. The molecule has 1 heterocycles. The van der Waals surface area contributed by atoms with Gasteiger partial charge in [-0.2, -0.15) is 0 Å². The van der Waals surface area contributed by atoms with E-state index in [0.29, 0.717) is 19.3 Å². The van der Waals surface area contributed by atoms with Crippen molar-refractivity contribution in [1.82, 2.24) is 5.32 Å². The number of allylic oxidation sites excluding steroid dienone is 6. The molecule has 0 aromatic rings. The van der Waals surface area contributed by atoms with Crippen LogP contribution in [-0.2, 0) is 14.3 Å². The van der Waals surface area contributed by atoms with Gasteiger partial charge in [-0.05, 0) is 64.2 Å². The highest BCUT2D eigenvalue weighted by Gasteiger charge is 2.44. The lowest BCUT2D eigenvalue weighted by molar-refractivity contribution is -0.303. The smallest absolute Gasteiger partial charge is 0.249 e. The maximum absolute atomic E-state index is 13.2. The van der Waals surface area contributed by atoms with Crippen molar-refractivity contribution < 1.29 is 50.0 Å². The van der Waals surface area contributed by atoms with E-state index < -0.39 is 74.2 Å². The molecule has 9 atom stereocenters. The molecule has 436 valence electrons. The van der Waals surface area contributed by atoms with Gasteiger partial charge in [0.2, 0.25) is 5.91 Å². The summed E-state index contributed by atoms with van der Waals surface area (Å²) < 4.78 is 11.1. The number of carbonyl (C=O) groups is 1. The molecule has 1 amide bonds. The van der Waals surface area contributed by atoms with E-state index in [9.17, 15) is 40.5 Å². The van der Waals surface area contributed by atoms with E-state index in [2.05, 4.69) is 55.6 Å². The molecule has 9 unspecified atom stereocenters. The zero-order chi connectivity index (χ0) is 54.0. The first-order valence-electron chi connectivity index (χ1n) is 31.4. The Morgan fingerprint density at radius 1 is 0.459 bits per heavy atom. The molecule has 1 saturated heterocycles. The molecule has 1 fully saturated rings. The Morgan fingerprint density at radius 3 is 1.20 bits per heavy atom. The number of unbranched alkanes of at least 4 members (excludes halogenated alkanes) is 36. The summed E-state index contributed by atoms with van der Waals surface area (Å²) in [6, 6.07) is -1.19. The largest absolute Gasteiger partial charge is 0.394 e. The molecular weight excluding hydrogens is 931 g/mol. The molecule has 1 aliphatic rings. The van der Waals surface area contributed by atoms with E-state index in [1.54, 1.807) is 0 Å². The third-order valence-electron chi connectivity index (χ3n) is 15.2. The van der Waals surface area contributed by atoms with Crippen LogP contribution >= 0.6 is 0 Å². The van der Waals surface area contributed by atoms with Crippen molar-refractivity contribution in [3.8, 4) is 0 Å². The maximum atomic E-state index is 13.2. The minimum absolute atomic E-state index is 0.242. The van der Waals surface area contributed by atoms with Gasteiger partial charge in [-0.25, -0.2) is 0 Å². The Labute approximate surface area is 454 Å². The third-order valence-corrected chi connectivity index (χ3v) is 15.2. The molecule has 8 N–H and O–H groups in total. The first kappa shape index (κ1) is 70.3. The van der Waals surface area contributed by atoms with Crippen LogP contribution in [0.1, 0.15) is 290 Å². The van der Waals surface area contributed by atoms with Crippen molar-refractivity contribution in [2.45, 2.75) is 345 Å². The van der Waals surface area contributed by atoms with Crippen LogP contribution in [0.4, 0.5) is 0 Å². The quantitative estimate of drug-likeness (QED) is 0.0215. The van der Waals surface area contributed by atoms with Gasteiger partial charge in [0.1, 0.15) is 36.6 Å². The van der Waals surface area contributed by atoms with Crippen molar-refractivity contribution in [3.63, 3.8) is 0 Å². The second-order valence-corrected chi connectivity index (χ2v) is 22.1. The molecule has 0 aromatic heterocycles. The standard InChI is InChI=1S/C63H119NO10/c1-3-5-7-9-11-13-15-17-19-21-23-24-25-26-27-28-29-30-31-33-35-37-39-41-43-45-47-49-51-56(67)62(72)64-54(53-73-63-61(71)60(70)59(69)57(52-65)74-63)58(68)55(66)50-48-46-44-42-40-38-36-34-32-22-20-18-16-14-12-10-8-6-4-2/h18,20,34,36,42,44,54-61,63,65-71H,3-17,19,21-33,35,37-41,43,45-53H2,1-2H3,(H,64,72)/b20-18+,36-34+,44-42+. The molecule has 0 aliphatic carbocycles. The highest BCUT2D eigenvalue weighted by molar-refractivity contribution is 5.80. The fourth-order valence-corrected chi connectivity index (χ4v) is 10.1. The van der Waals surface area contributed by atoms with Crippen LogP contribution in [-0.4, -0.2) is 110 Å². The monoisotopic (exact) mass is 1050 g/mol. The van der Waals surface area contributed by atoms with Crippen LogP contribution in [0.15, 0.2) is 36.5 Å². The Kier molecular flexibility index (Phi) is 49.5. The number of hydrogen-bond acceptors (Lipinski definition) is 10. The third kappa shape index (κ3) is 39.7. The van der Waals surface area contributed by atoms with Gasteiger partial charge in [0, 0.05) is 0 Å². The highest BCUT2D eigenvalue weighted by atomic mass is 16.7. The van der Waals surface area contributed by atoms with Crippen LogP contribution in [0.5, 0.6) is 0 Å². The number of carbonyl (C=O) groups excluding carboxylic acids is 1. The summed E-state index contributed by atoms with van der Waals surface area (Å²) in [6.07, 6.45) is 53.6. The van der Waals surface area contributed by atoms with Crippen molar-refractivity contribution >= 4 is 5.91 Å². The Balaban J connectivity index is 2.26. The average molecular weight is 1050 g/mol. The van der Waals surface area contributed by atoms with Gasteiger partial charge >= 0.3 is 0 Å². The fourth-order valence-electron chi connectivity index (χ4n) is 10.1. The van der Waals surface area contributed by atoms with Gasteiger partial charge < -0.3 is 50.5 Å². The van der Waals surface area contributed by atoms with Gasteiger partial charge in [-0.1, -0.05) is 262 Å². The topological polar surface area (TPSA) is 189 Å². The van der Waals surface area contributed by atoms with Gasteiger partial charge in [0.25, 0.3) is 0 Å². The van der Waals surface area contributed by atoms with Crippen molar-refractivity contribution in [2.75, 3.05) is 13.2 Å². The van der Waals surface area contributed by atoms with Crippen LogP contribution in [0.25, 0.3) is 0 Å². The summed E-state index contributed by atoms with van der Waals surface area (Å²) in [7, 11) is 0. The zero-order valence-corrected chi connectivity index (χ0v) is 47.8. The number of ether oxygens (including phenoxy) is 2. The molecule has 11 heteroatoms. The van der Waals surface area contributed by atoms with E-state index in [1.807, 2.05) is 0 Å². The second kappa shape index (κ2) is 52.1. The molecule has 0 bridgehead atoms. The molecule has 1 aliphatic heterocycles. The molecule has 0 saturated carbocycles. The number of hydrogen-bond donors (Lipinski definition) is 8. The number of aliphatic hydroxyl groups excluding tert-OH is 7. The molecule has 0 aromatic carbocycles. The van der Waals surface area contributed by atoms with Gasteiger partial charge in [0.15, 0.2) is 6.29 Å². The molecule has 0 spiro atoms. The van der Waals surface area contributed by atoms with Crippen LogP contribution in [0.3, 0.4) is 0 Å². The van der Waals surface area contributed by atoms with Gasteiger partial charge in [0.05, 0.1) is 25.4 Å². The van der Waals surface area contributed by atoms with Gasteiger partial charge in [-0.15, -0.1) is 0 Å². The molecule has 1 rings (SSSR count). The number of amides is 1. The fraction of sp³-hybridized carbons (Fsp3) is 0.889. The minimum atomic E-state index is -1.67. The molecule has 0 radical (unpaired) electrons. The predicted octanol–water partition coefficient (Wildman–Crippen LogP) is 13.9. The van der Waals surface area contributed by atoms with Crippen LogP contribution in [0, 0.1) is 0 Å². The molecule has 74 heavy (non-hydrogen) atoms. The van der Waals surface area contributed by atoms with E-state index in [0.717, 1.165) is 44.9 Å². The lowest BCUT2D eigenvalue weighted by Crippen LogP contribution is -2.60. The summed E-state index contributed by atoms with van der Waals surface area (Å²) >= 11 is 0. The normalized spacial score (nSPS) is 20.0. The van der Waals surface area contributed by atoms with E-state index in [1.165, 1.54) is 199 Å². The Hall–Kier alpha value is -1.67. The van der Waals surface area contributed by atoms with E-state index in [4.69, 9.17) is 9.47 Å². The second-order valence-electron chi connectivity index (χ2n) is 22.1. The van der Waals surface area contributed by atoms with Crippen molar-refractivity contribution in [2.24, 2.45) is 0 Å². The SMILES string of the molecule is CCCCCCCC/C=C/CC/C=C/CC/C=C/CCCC(O)C(O)C(COC1OC(CO)C(O)C(O)C1O)NC(=O)C(O)CCCCCCCCCCCCCCCCCCCCCCCCCCCCCC. The van der Waals surface area contributed by atoms with E-state index >= 15 is 0 Å². The molecular formula is C63H119NO10. The van der Waals surface area contributed by atoms with Crippen molar-refractivity contribution in [3.05, 3.63) is 36.5 Å². The predicted molar refractivity (Wildman–Crippen MR) is 307 cm³/mol. The molecule has 11 nitrogen and oxygen atoms in total. The zero-order valence-electron chi connectivity index (χ0n) is 47.8. The van der Waals surface area contributed by atoms with Crippen LogP contribution < -0.4 is 5.32 Å². The summed E-state index contributed by atoms with van der Waals surface area (Å²) in [5.41, 5.74) is 0. The number of aliphatic hydroxyl groups is 7. The number of rotatable bonds is 54.